The van der Waals surface area contributed by atoms with Crippen LogP contribution in [0.4, 0.5) is 0 Å². The molecule has 0 amide bonds. The molecule has 0 saturated carbocycles. The molecule has 0 aliphatic heterocycles. The Labute approximate surface area is 98.9 Å². The van der Waals surface area contributed by atoms with Gasteiger partial charge < -0.3 is 5.01 Å². The molecule has 0 atom stereocenters. The van der Waals surface area contributed by atoms with E-state index in [9.17, 15) is 0 Å². The van der Waals surface area contributed by atoms with E-state index >= 15 is 0 Å². The molecule has 0 aliphatic carbocycles. The van der Waals surface area contributed by atoms with Crippen LogP contribution in [0.15, 0.2) is 35.3 Å². The molecular formula is C11H14N4S. The number of hydrazone groups is 1. The molecule has 0 unspecified atom stereocenters. The molecule has 5 heteroatoms. The summed E-state index contributed by atoms with van der Waals surface area (Å²) in [6.07, 6.45) is 5.42. The van der Waals surface area contributed by atoms with E-state index in [-0.39, 0.29) is 0 Å². The quantitative estimate of drug-likeness (QED) is 0.452. The Hall–Kier alpha value is -1.62. The van der Waals surface area contributed by atoms with Crippen LogP contribution in [0.5, 0.6) is 0 Å². The molecule has 0 fully saturated rings. The standard InChI is InChI=1S/C11H14N4S/c1-9-10(4-7-16-9)11(13-14(2)3)15-6-5-12-8-15/h4-8H,1-3H3. The van der Waals surface area contributed by atoms with Crippen molar-refractivity contribution in [3.05, 3.63) is 40.6 Å². The van der Waals surface area contributed by atoms with Crippen LogP contribution in [0.2, 0.25) is 0 Å². The highest BCUT2D eigenvalue weighted by atomic mass is 32.1. The monoisotopic (exact) mass is 234 g/mol. The zero-order chi connectivity index (χ0) is 11.5. The summed E-state index contributed by atoms with van der Waals surface area (Å²) in [4.78, 5) is 5.32. The predicted octanol–water partition coefficient (Wildman–Crippen LogP) is 2.02. The largest absolute Gasteiger partial charge is 0.301 e. The summed E-state index contributed by atoms with van der Waals surface area (Å²) in [5.41, 5.74) is 1.15. The van der Waals surface area contributed by atoms with Crippen LogP contribution in [0.1, 0.15) is 10.4 Å². The van der Waals surface area contributed by atoms with Gasteiger partial charge in [0.2, 0.25) is 0 Å². The van der Waals surface area contributed by atoms with Gasteiger partial charge in [-0.05, 0) is 18.4 Å². The summed E-state index contributed by atoms with van der Waals surface area (Å²) >= 11 is 1.72. The summed E-state index contributed by atoms with van der Waals surface area (Å²) < 4.78 is 1.93. The second-order valence-corrected chi connectivity index (χ2v) is 4.75. The molecule has 0 N–H and O–H groups in total. The van der Waals surface area contributed by atoms with Crippen molar-refractivity contribution in [2.24, 2.45) is 5.10 Å². The minimum absolute atomic E-state index is 0.904. The van der Waals surface area contributed by atoms with Gasteiger partial charge in [0.05, 0.1) is 0 Å². The second kappa shape index (κ2) is 4.49. The van der Waals surface area contributed by atoms with Crippen molar-refractivity contribution in [2.45, 2.75) is 6.92 Å². The van der Waals surface area contributed by atoms with E-state index in [0.29, 0.717) is 0 Å². The fourth-order valence-electron chi connectivity index (χ4n) is 1.44. The highest BCUT2D eigenvalue weighted by Crippen LogP contribution is 2.17. The Morgan fingerprint density at radius 1 is 1.50 bits per heavy atom. The maximum atomic E-state index is 4.50. The summed E-state index contributed by atoms with van der Waals surface area (Å²) in [6.45, 7) is 2.10. The van der Waals surface area contributed by atoms with Gasteiger partial charge in [-0.3, -0.25) is 4.57 Å². The molecule has 84 valence electrons. The molecule has 2 aromatic heterocycles. The topological polar surface area (TPSA) is 33.4 Å². The first kappa shape index (κ1) is 10.9. The average molecular weight is 234 g/mol. The van der Waals surface area contributed by atoms with Gasteiger partial charge in [0.25, 0.3) is 0 Å². The van der Waals surface area contributed by atoms with Crippen molar-refractivity contribution in [1.82, 2.24) is 14.6 Å². The van der Waals surface area contributed by atoms with E-state index in [1.807, 2.05) is 24.9 Å². The SMILES string of the molecule is Cc1sccc1C(=NN(C)C)n1ccnc1. The van der Waals surface area contributed by atoms with E-state index in [4.69, 9.17) is 0 Å². The molecule has 0 bridgehead atoms. The zero-order valence-electron chi connectivity index (χ0n) is 9.58. The van der Waals surface area contributed by atoms with E-state index in [1.54, 1.807) is 28.9 Å². The summed E-state index contributed by atoms with van der Waals surface area (Å²) in [5.74, 6) is 0.904. The van der Waals surface area contributed by atoms with Gasteiger partial charge in [-0.15, -0.1) is 11.3 Å². The number of aryl methyl sites for hydroxylation is 1. The molecule has 2 rings (SSSR count). The van der Waals surface area contributed by atoms with Crippen LogP contribution in [0.3, 0.4) is 0 Å². The number of hydrogen-bond donors (Lipinski definition) is 0. The van der Waals surface area contributed by atoms with Crippen LogP contribution in [0, 0.1) is 6.92 Å². The number of imidazole rings is 1. The van der Waals surface area contributed by atoms with Gasteiger partial charge >= 0.3 is 0 Å². The predicted molar refractivity (Wildman–Crippen MR) is 66.9 cm³/mol. The van der Waals surface area contributed by atoms with Crippen LogP contribution in [0.25, 0.3) is 0 Å². The Balaban J connectivity index is 2.49. The Morgan fingerprint density at radius 2 is 2.31 bits per heavy atom. The van der Waals surface area contributed by atoms with Crippen molar-refractivity contribution in [3.8, 4) is 0 Å². The van der Waals surface area contributed by atoms with Crippen molar-refractivity contribution < 1.29 is 0 Å². The molecule has 2 heterocycles. The Kier molecular flexibility index (Phi) is 3.05. The third-order valence-electron chi connectivity index (χ3n) is 2.14. The second-order valence-electron chi connectivity index (χ2n) is 3.63. The molecule has 0 saturated heterocycles. The van der Waals surface area contributed by atoms with Crippen molar-refractivity contribution in [1.29, 1.82) is 0 Å². The van der Waals surface area contributed by atoms with Crippen LogP contribution in [-0.2, 0) is 0 Å². The zero-order valence-corrected chi connectivity index (χ0v) is 10.4. The van der Waals surface area contributed by atoms with Gasteiger partial charge in [-0.1, -0.05) is 0 Å². The van der Waals surface area contributed by atoms with E-state index in [2.05, 4.69) is 28.5 Å². The number of nitrogens with zero attached hydrogens (tertiary/aromatic N) is 4. The summed E-state index contributed by atoms with van der Waals surface area (Å²) in [6, 6.07) is 2.09. The molecule has 16 heavy (non-hydrogen) atoms. The lowest BCUT2D eigenvalue weighted by atomic mass is 10.2. The van der Waals surface area contributed by atoms with E-state index in [0.717, 1.165) is 11.4 Å². The van der Waals surface area contributed by atoms with Gasteiger partial charge in [-0.25, -0.2) is 4.98 Å². The van der Waals surface area contributed by atoms with Crippen molar-refractivity contribution >= 4 is 17.2 Å². The van der Waals surface area contributed by atoms with Crippen molar-refractivity contribution in [3.63, 3.8) is 0 Å². The van der Waals surface area contributed by atoms with Gasteiger partial charge in [-0.2, -0.15) is 5.10 Å². The van der Waals surface area contributed by atoms with Gasteiger partial charge in [0.15, 0.2) is 5.84 Å². The van der Waals surface area contributed by atoms with Crippen LogP contribution in [-0.4, -0.2) is 34.5 Å². The van der Waals surface area contributed by atoms with E-state index < -0.39 is 0 Å². The summed E-state index contributed by atoms with van der Waals surface area (Å²) in [7, 11) is 3.83. The fourth-order valence-corrected chi connectivity index (χ4v) is 2.13. The van der Waals surface area contributed by atoms with Crippen LogP contribution < -0.4 is 0 Å². The number of thiophene rings is 1. The van der Waals surface area contributed by atoms with Gasteiger partial charge in [0.1, 0.15) is 6.33 Å². The molecule has 4 nitrogen and oxygen atoms in total. The average Bonchev–Trinajstić information content (AvgIpc) is 2.84. The molecule has 0 spiro atoms. The fraction of sp³-hybridized carbons (Fsp3) is 0.273. The maximum Gasteiger partial charge on any atom is 0.166 e. The molecule has 0 aromatic carbocycles. The first-order chi connectivity index (χ1) is 7.68. The number of hydrogen-bond acceptors (Lipinski definition) is 4. The maximum absolute atomic E-state index is 4.50. The van der Waals surface area contributed by atoms with Crippen molar-refractivity contribution in [2.75, 3.05) is 14.1 Å². The third-order valence-corrected chi connectivity index (χ3v) is 2.99. The molecular weight excluding hydrogens is 220 g/mol. The van der Waals surface area contributed by atoms with Crippen LogP contribution >= 0.6 is 11.3 Å². The third kappa shape index (κ3) is 2.14. The highest BCUT2D eigenvalue weighted by molar-refractivity contribution is 7.10. The number of aromatic nitrogens is 2. The smallest absolute Gasteiger partial charge is 0.166 e. The molecule has 2 aromatic rings. The summed E-state index contributed by atoms with van der Waals surface area (Å²) in [5, 5.41) is 8.38. The Bertz CT molecular complexity index is 482. The molecule has 0 radical (unpaired) electrons. The highest BCUT2D eigenvalue weighted by Gasteiger charge is 2.10. The normalized spacial score (nSPS) is 11.8. The lowest BCUT2D eigenvalue weighted by Gasteiger charge is -2.11. The molecule has 0 aliphatic rings. The lowest BCUT2D eigenvalue weighted by Crippen LogP contribution is -2.17. The number of rotatable bonds is 2. The van der Waals surface area contributed by atoms with Gasteiger partial charge in [0, 0.05) is 36.9 Å². The lowest BCUT2D eigenvalue weighted by molar-refractivity contribution is 0.435. The minimum atomic E-state index is 0.904. The first-order valence-electron chi connectivity index (χ1n) is 4.97. The Morgan fingerprint density at radius 3 is 2.81 bits per heavy atom. The van der Waals surface area contributed by atoms with E-state index in [1.165, 1.54) is 4.88 Å². The minimum Gasteiger partial charge on any atom is -0.301 e. The first-order valence-corrected chi connectivity index (χ1v) is 5.85.